The molecule has 0 radical (unpaired) electrons. The summed E-state index contributed by atoms with van der Waals surface area (Å²) in [5, 5.41) is 11.9. The smallest absolute Gasteiger partial charge is 0.310 e. The molecule has 2 rings (SSSR count). The van der Waals surface area contributed by atoms with Crippen molar-refractivity contribution in [1.82, 2.24) is 4.90 Å². The molecule has 1 fully saturated rings. The fourth-order valence-electron chi connectivity index (χ4n) is 2.60. The molecular weight excluding hydrogens is 340 g/mol. The average molecular weight is 364 g/mol. The molecule has 1 aliphatic rings. The van der Waals surface area contributed by atoms with Crippen LogP contribution in [0.1, 0.15) is 44.6 Å². The van der Waals surface area contributed by atoms with Gasteiger partial charge in [-0.2, -0.15) is 0 Å². The van der Waals surface area contributed by atoms with E-state index in [0.717, 1.165) is 12.8 Å². The van der Waals surface area contributed by atoms with Gasteiger partial charge >= 0.3 is 5.97 Å². The van der Waals surface area contributed by atoms with E-state index in [4.69, 9.17) is 5.11 Å². The maximum absolute atomic E-state index is 12.5. The Morgan fingerprint density at radius 2 is 2.00 bits per heavy atom. The van der Waals surface area contributed by atoms with E-state index in [9.17, 15) is 14.4 Å². The zero-order chi connectivity index (χ0) is 18.4. The van der Waals surface area contributed by atoms with Crippen LogP contribution in [0.25, 0.3) is 0 Å². The van der Waals surface area contributed by atoms with E-state index in [0.29, 0.717) is 29.3 Å². The monoisotopic (exact) mass is 364 g/mol. The van der Waals surface area contributed by atoms with Crippen LogP contribution in [0.4, 0.5) is 5.69 Å². The number of hydrogen-bond acceptors (Lipinski definition) is 4. The number of hydrogen-bond donors (Lipinski definition) is 2. The van der Waals surface area contributed by atoms with Crippen LogP contribution in [0.3, 0.4) is 0 Å². The third kappa shape index (κ3) is 4.98. The number of amides is 2. The van der Waals surface area contributed by atoms with E-state index >= 15 is 0 Å². The molecule has 136 valence electrons. The van der Waals surface area contributed by atoms with Gasteiger partial charge in [0.2, 0.25) is 11.8 Å². The molecule has 0 bridgehead atoms. The molecule has 7 heteroatoms. The lowest BCUT2D eigenvalue weighted by Crippen LogP contribution is -2.44. The lowest BCUT2D eigenvalue weighted by Gasteiger charge is -2.23. The largest absolute Gasteiger partial charge is 0.481 e. The third-order valence-corrected chi connectivity index (χ3v) is 5.31. The van der Waals surface area contributed by atoms with Gasteiger partial charge in [-0.25, -0.2) is 0 Å². The number of unbranched alkanes of at least 4 members (excludes halogenated alkanes) is 1. The second-order valence-corrected chi connectivity index (χ2v) is 7.15. The fraction of sp³-hybridized carbons (Fsp3) is 0.500. The van der Waals surface area contributed by atoms with Gasteiger partial charge < -0.3 is 15.3 Å². The number of carboxylic acid groups (broad SMARTS) is 1. The quantitative estimate of drug-likeness (QED) is 0.777. The predicted octanol–water partition coefficient (Wildman–Crippen LogP) is 2.90. The highest BCUT2D eigenvalue weighted by Gasteiger charge is 2.34. The molecule has 2 N–H and O–H groups in total. The number of aliphatic carboxylic acids is 1. The van der Waals surface area contributed by atoms with Gasteiger partial charge in [-0.1, -0.05) is 25.5 Å². The van der Waals surface area contributed by atoms with Gasteiger partial charge in [0.05, 0.1) is 11.8 Å². The molecule has 1 heterocycles. The maximum atomic E-state index is 12.5. The van der Waals surface area contributed by atoms with E-state index in [2.05, 4.69) is 5.32 Å². The minimum Gasteiger partial charge on any atom is -0.481 e. The average Bonchev–Trinajstić information content (AvgIpc) is 3.09. The van der Waals surface area contributed by atoms with E-state index in [1.807, 2.05) is 6.92 Å². The van der Waals surface area contributed by atoms with Crippen molar-refractivity contribution in [2.24, 2.45) is 0 Å². The minimum absolute atomic E-state index is 0.0256. The van der Waals surface area contributed by atoms with Crippen molar-refractivity contribution in [2.45, 2.75) is 45.1 Å². The molecule has 25 heavy (non-hydrogen) atoms. The van der Waals surface area contributed by atoms with Gasteiger partial charge in [0.15, 0.2) is 0 Å². The standard InChI is InChI=1S/C18H24N2O4S/c1-3-4-5-16(21)20-11-25-10-15(20)17(22)19-14-8-6-13(7-9-14)12(2)18(23)24/h6-9,12,15H,3-5,10-11H2,1-2H3,(H,19,22)(H,23,24). The van der Waals surface area contributed by atoms with Gasteiger partial charge in [0.1, 0.15) is 6.04 Å². The first-order chi connectivity index (χ1) is 11.9. The normalized spacial score (nSPS) is 18.0. The van der Waals surface area contributed by atoms with E-state index < -0.39 is 17.9 Å². The van der Waals surface area contributed by atoms with Crippen molar-refractivity contribution in [1.29, 1.82) is 0 Å². The number of nitrogens with zero attached hydrogens (tertiary/aromatic N) is 1. The Labute approximate surface area is 152 Å². The van der Waals surface area contributed by atoms with Crippen LogP contribution in [0.15, 0.2) is 24.3 Å². The van der Waals surface area contributed by atoms with Gasteiger partial charge in [0, 0.05) is 17.9 Å². The molecule has 0 aliphatic carbocycles. The molecule has 1 aromatic rings. The molecule has 1 aromatic carbocycles. The number of benzene rings is 1. The summed E-state index contributed by atoms with van der Waals surface area (Å²) in [4.78, 5) is 37.4. The highest BCUT2D eigenvalue weighted by atomic mass is 32.2. The topological polar surface area (TPSA) is 86.7 Å². The van der Waals surface area contributed by atoms with Crippen LogP contribution in [0.5, 0.6) is 0 Å². The van der Waals surface area contributed by atoms with Crippen molar-refractivity contribution in [3.63, 3.8) is 0 Å². The first-order valence-corrected chi connectivity index (χ1v) is 9.60. The van der Waals surface area contributed by atoms with Crippen LogP contribution in [-0.4, -0.2) is 45.5 Å². The van der Waals surface area contributed by atoms with E-state index in [1.165, 1.54) is 0 Å². The van der Waals surface area contributed by atoms with Crippen LogP contribution in [0.2, 0.25) is 0 Å². The number of anilines is 1. The van der Waals surface area contributed by atoms with Crippen LogP contribution >= 0.6 is 11.8 Å². The SMILES string of the molecule is CCCCC(=O)N1CSCC1C(=O)Nc1ccc(C(C)C(=O)O)cc1. The second kappa shape index (κ2) is 8.89. The van der Waals surface area contributed by atoms with Gasteiger partial charge in [-0.3, -0.25) is 14.4 Å². The van der Waals surface area contributed by atoms with Gasteiger partial charge in [-0.15, -0.1) is 11.8 Å². The maximum Gasteiger partial charge on any atom is 0.310 e. The summed E-state index contributed by atoms with van der Waals surface area (Å²) in [6, 6.07) is 6.33. The molecule has 1 saturated heterocycles. The van der Waals surface area contributed by atoms with Gasteiger partial charge in [-0.05, 0) is 31.0 Å². The first-order valence-electron chi connectivity index (χ1n) is 8.45. The minimum atomic E-state index is -0.888. The van der Waals surface area contributed by atoms with Crippen molar-refractivity contribution in [3.05, 3.63) is 29.8 Å². The zero-order valence-electron chi connectivity index (χ0n) is 14.5. The molecule has 6 nitrogen and oxygen atoms in total. The fourth-order valence-corrected chi connectivity index (χ4v) is 3.78. The highest BCUT2D eigenvalue weighted by Crippen LogP contribution is 2.24. The molecular formula is C18H24N2O4S. The molecule has 0 aromatic heterocycles. The summed E-state index contributed by atoms with van der Waals surface area (Å²) in [5.74, 6) is -0.511. The Balaban J connectivity index is 1.98. The number of carbonyl (C=O) groups excluding carboxylic acids is 2. The van der Waals surface area contributed by atoms with Crippen LogP contribution in [-0.2, 0) is 14.4 Å². The Morgan fingerprint density at radius 3 is 2.60 bits per heavy atom. The van der Waals surface area contributed by atoms with E-state index in [1.54, 1.807) is 47.9 Å². The Hall–Kier alpha value is -2.02. The Kier molecular flexibility index (Phi) is 6.87. The number of rotatable bonds is 7. The number of thioether (sulfide) groups is 1. The summed E-state index contributed by atoms with van der Waals surface area (Å²) >= 11 is 1.58. The number of carboxylic acids is 1. The Bertz CT molecular complexity index is 632. The van der Waals surface area contributed by atoms with Crippen LogP contribution in [0, 0.1) is 0 Å². The second-order valence-electron chi connectivity index (χ2n) is 6.15. The summed E-state index contributed by atoms with van der Waals surface area (Å²) in [7, 11) is 0. The van der Waals surface area contributed by atoms with Crippen molar-refractivity contribution >= 4 is 35.2 Å². The zero-order valence-corrected chi connectivity index (χ0v) is 15.3. The summed E-state index contributed by atoms with van der Waals surface area (Å²) in [6.45, 7) is 3.65. The molecule has 2 unspecified atom stereocenters. The predicted molar refractivity (Wildman–Crippen MR) is 98.6 cm³/mol. The molecule has 2 amide bonds. The van der Waals surface area contributed by atoms with Crippen molar-refractivity contribution in [2.75, 3.05) is 16.9 Å². The Morgan fingerprint density at radius 1 is 1.32 bits per heavy atom. The van der Waals surface area contributed by atoms with Crippen LogP contribution < -0.4 is 5.32 Å². The summed E-state index contributed by atoms with van der Waals surface area (Å²) in [5.41, 5.74) is 1.28. The number of carbonyl (C=O) groups is 3. The first kappa shape index (κ1) is 19.3. The lowest BCUT2D eigenvalue weighted by atomic mass is 10.0. The summed E-state index contributed by atoms with van der Waals surface area (Å²) < 4.78 is 0. The number of nitrogens with one attached hydrogen (secondary N) is 1. The molecule has 1 aliphatic heterocycles. The third-order valence-electron chi connectivity index (χ3n) is 4.30. The highest BCUT2D eigenvalue weighted by molar-refractivity contribution is 7.99. The molecule has 0 saturated carbocycles. The van der Waals surface area contributed by atoms with Crippen molar-refractivity contribution in [3.8, 4) is 0 Å². The summed E-state index contributed by atoms with van der Waals surface area (Å²) in [6.07, 6.45) is 2.25. The van der Waals surface area contributed by atoms with Crippen molar-refractivity contribution < 1.29 is 19.5 Å². The molecule has 0 spiro atoms. The lowest BCUT2D eigenvalue weighted by molar-refractivity contribution is -0.138. The van der Waals surface area contributed by atoms with E-state index in [-0.39, 0.29) is 11.8 Å². The molecule has 2 atom stereocenters. The van der Waals surface area contributed by atoms with Gasteiger partial charge in [0.25, 0.3) is 0 Å².